The third kappa shape index (κ3) is 3.22. The molecule has 0 radical (unpaired) electrons. The normalized spacial score (nSPS) is 14.9. The third-order valence-electron chi connectivity index (χ3n) is 7.68. The van der Waals surface area contributed by atoms with Crippen molar-refractivity contribution in [3.63, 3.8) is 0 Å². The third-order valence-corrected chi connectivity index (χ3v) is 7.68. The molecule has 0 saturated heterocycles. The van der Waals surface area contributed by atoms with Crippen LogP contribution in [0.2, 0.25) is 0 Å². The summed E-state index contributed by atoms with van der Waals surface area (Å²) in [7, 11) is 0. The Bertz CT molecular complexity index is 1830. The average molecular weight is 459 g/mol. The molecular weight excluding hydrogens is 432 g/mol. The van der Waals surface area contributed by atoms with Gasteiger partial charge in [0, 0.05) is 5.92 Å². The monoisotopic (exact) mass is 458 g/mol. The first kappa shape index (κ1) is 20.9. The van der Waals surface area contributed by atoms with Crippen molar-refractivity contribution in [2.24, 2.45) is 0 Å². The molecule has 0 heteroatoms. The van der Waals surface area contributed by atoms with Crippen molar-refractivity contribution in [3.8, 4) is 0 Å². The summed E-state index contributed by atoms with van der Waals surface area (Å²) in [6.45, 7) is 2.25. The van der Waals surface area contributed by atoms with E-state index in [1.165, 1.54) is 65.4 Å². The summed E-state index contributed by atoms with van der Waals surface area (Å²) in [5.41, 5.74) is 10.6. The largest absolute Gasteiger partial charge is 0.0690 e. The molecule has 0 nitrogen and oxygen atoms in total. The van der Waals surface area contributed by atoms with Crippen LogP contribution < -0.4 is 10.4 Å². The maximum atomic E-state index is 2.47. The molecule has 2 aliphatic carbocycles. The predicted molar refractivity (Wildman–Crippen MR) is 150 cm³/mol. The molecule has 0 heterocycles. The molecule has 0 spiro atoms. The van der Waals surface area contributed by atoms with Crippen molar-refractivity contribution in [1.82, 2.24) is 0 Å². The van der Waals surface area contributed by atoms with Crippen LogP contribution in [-0.4, -0.2) is 0 Å². The molecule has 0 aliphatic heterocycles. The maximum absolute atomic E-state index is 2.47. The Morgan fingerprint density at radius 2 is 1.22 bits per heavy atom. The fraction of sp³-hybridized carbons (Fsp3) is 0.0556. The number of rotatable bonds is 3. The molecule has 7 rings (SSSR count). The fourth-order valence-electron chi connectivity index (χ4n) is 6.09. The summed E-state index contributed by atoms with van der Waals surface area (Å²) in [5.74, 6) is 0.208. The second-order valence-electron chi connectivity index (χ2n) is 9.74. The van der Waals surface area contributed by atoms with Crippen molar-refractivity contribution in [3.05, 3.63) is 182 Å². The zero-order valence-electron chi connectivity index (χ0n) is 20.3. The highest BCUT2D eigenvalue weighted by molar-refractivity contribution is 5.83. The van der Waals surface area contributed by atoms with Gasteiger partial charge in [0.05, 0.1) is 0 Å². The van der Waals surface area contributed by atoms with Crippen molar-refractivity contribution in [2.45, 2.75) is 12.8 Å². The van der Waals surface area contributed by atoms with E-state index in [2.05, 4.69) is 140 Å². The summed E-state index contributed by atoms with van der Waals surface area (Å²) >= 11 is 0. The molecule has 0 amide bonds. The quantitative estimate of drug-likeness (QED) is 0.270. The van der Waals surface area contributed by atoms with Gasteiger partial charge in [-0.25, -0.2) is 0 Å². The van der Waals surface area contributed by atoms with Gasteiger partial charge in [-0.05, 0) is 78.4 Å². The van der Waals surface area contributed by atoms with Gasteiger partial charge in [0.2, 0.25) is 0 Å². The Hall–Kier alpha value is -4.42. The highest BCUT2D eigenvalue weighted by Crippen LogP contribution is 2.40. The molecule has 0 fully saturated rings. The van der Waals surface area contributed by atoms with Gasteiger partial charge in [0.15, 0.2) is 0 Å². The van der Waals surface area contributed by atoms with E-state index in [1.807, 2.05) is 0 Å². The number of hydrogen-bond acceptors (Lipinski definition) is 0. The molecule has 36 heavy (non-hydrogen) atoms. The Morgan fingerprint density at radius 3 is 1.97 bits per heavy atom. The van der Waals surface area contributed by atoms with E-state index >= 15 is 0 Å². The first-order chi connectivity index (χ1) is 17.8. The second kappa shape index (κ2) is 8.36. The highest BCUT2D eigenvalue weighted by Gasteiger charge is 2.27. The zero-order valence-corrected chi connectivity index (χ0v) is 20.3. The van der Waals surface area contributed by atoms with Crippen LogP contribution in [0.15, 0.2) is 127 Å². The summed E-state index contributed by atoms with van der Waals surface area (Å²) in [4.78, 5) is 0. The molecule has 1 atom stereocenters. The summed E-state index contributed by atoms with van der Waals surface area (Å²) in [6.07, 6.45) is 4.87. The summed E-state index contributed by atoms with van der Waals surface area (Å²) in [5, 5.41) is 5.27. The first-order valence-corrected chi connectivity index (χ1v) is 12.7. The van der Waals surface area contributed by atoms with E-state index in [0.29, 0.717) is 0 Å². The lowest BCUT2D eigenvalue weighted by atomic mass is 9.84. The van der Waals surface area contributed by atoms with Crippen LogP contribution in [0.25, 0.3) is 17.2 Å². The smallest absolute Gasteiger partial charge is 0.0293 e. The molecule has 0 saturated carbocycles. The Balaban J connectivity index is 1.68. The fourth-order valence-corrected chi connectivity index (χ4v) is 6.09. The standard InChI is InChI=1S/C36H26/c1-24-22-33(30-19-11-10-17-28(24)30)36-32(21-20-31-29-18-9-8-16-27(29)23-34(31)36)35(25-12-4-2-5-13-25)26-14-6-3-7-15-26/h2-23,33H,1H3. The Morgan fingerprint density at radius 1 is 0.583 bits per heavy atom. The lowest BCUT2D eigenvalue weighted by molar-refractivity contribution is 1.02. The number of allylic oxidation sites excluding steroid dienone is 2. The highest BCUT2D eigenvalue weighted by atomic mass is 14.3. The SMILES string of the molecule is CC1=CC(c2c3c(ccc2=C(c2ccccc2)c2ccccc2)=c2ccccc2=C3)c2ccccc21. The van der Waals surface area contributed by atoms with Crippen LogP contribution in [0.1, 0.15) is 46.2 Å². The topological polar surface area (TPSA) is 0 Å². The van der Waals surface area contributed by atoms with Crippen LogP contribution in [-0.2, 0) is 0 Å². The number of fused-ring (bicyclic) bond motifs is 3. The number of benzene rings is 5. The molecule has 5 aromatic carbocycles. The van der Waals surface area contributed by atoms with Gasteiger partial charge in [-0.15, -0.1) is 0 Å². The second-order valence-corrected chi connectivity index (χ2v) is 9.74. The minimum atomic E-state index is 0.208. The van der Waals surface area contributed by atoms with Gasteiger partial charge in [-0.1, -0.05) is 127 Å². The van der Waals surface area contributed by atoms with E-state index in [0.717, 1.165) is 0 Å². The molecule has 2 aliphatic rings. The van der Waals surface area contributed by atoms with Gasteiger partial charge in [0.25, 0.3) is 0 Å². The van der Waals surface area contributed by atoms with Gasteiger partial charge in [0.1, 0.15) is 0 Å². The van der Waals surface area contributed by atoms with Crippen molar-refractivity contribution >= 4 is 17.2 Å². The van der Waals surface area contributed by atoms with Gasteiger partial charge >= 0.3 is 0 Å². The summed E-state index contributed by atoms with van der Waals surface area (Å²) < 4.78 is 0. The molecule has 0 aromatic heterocycles. The first-order valence-electron chi connectivity index (χ1n) is 12.7. The molecular formula is C36H26. The van der Waals surface area contributed by atoms with Crippen LogP contribution in [0.5, 0.6) is 0 Å². The van der Waals surface area contributed by atoms with E-state index in [1.54, 1.807) is 0 Å². The van der Waals surface area contributed by atoms with Crippen molar-refractivity contribution in [2.75, 3.05) is 0 Å². The minimum absolute atomic E-state index is 0.208. The lowest BCUT2D eigenvalue weighted by Gasteiger charge is -2.19. The average Bonchev–Trinajstić information content (AvgIpc) is 3.48. The van der Waals surface area contributed by atoms with Gasteiger partial charge < -0.3 is 0 Å². The van der Waals surface area contributed by atoms with Crippen LogP contribution in [0.4, 0.5) is 0 Å². The lowest BCUT2D eigenvalue weighted by Crippen LogP contribution is -2.19. The van der Waals surface area contributed by atoms with Crippen molar-refractivity contribution in [1.29, 1.82) is 0 Å². The van der Waals surface area contributed by atoms with E-state index in [9.17, 15) is 0 Å². The molecule has 0 bridgehead atoms. The van der Waals surface area contributed by atoms with E-state index in [4.69, 9.17) is 0 Å². The molecule has 1 unspecified atom stereocenters. The molecule has 5 aromatic rings. The summed E-state index contributed by atoms with van der Waals surface area (Å²) in [6, 6.07) is 44.1. The van der Waals surface area contributed by atoms with Crippen LogP contribution in [0.3, 0.4) is 0 Å². The number of hydrogen-bond donors (Lipinski definition) is 0. The zero-order chi connectivity index (χ0) is 24.1. The predicted octanol–water partition coefficient (Wildman–Crippen LogP) is 6.91. The maximum Gasteiger partial charge on any atom is 0.0293 e. The molecule has 170 valence electrons. The van der Waals surface area contributed by atoms with Crippen LogP contribution >= 0.6 is 0 Å². The minimum Gasteiger partial charge on any atom is -0.0690 e. The van der Waals surface area contributed by atoms with E-state index in [-0.39, 0.29) is 5.92 Å². The van der Waals surface area contributed by atoms with E-state index < -0.39 is 0 Å². The van der Waals surface area contributed by atoms with Gasteiger partial charge in [-0.3, -0.25) is 0 Å². The van der Waals surface area contributed by atoms with Crippen molar-refractivity contribution < 1.29 is 0 Å². The Kier molecular flexibility index (Phi) is 4.85. The molecule has 0 N–H and O–H groups in total. The Labute approximate surface area is 211 Å². The van der Waals surface area contributed by atoms with Crippen LogP contribution in [0, 0.1) is 10.4 Å². The van der Waals surface area contributed by atoms with Gasteiger partial charge in [-0.2, -0.15) is 0 Å².